The first kappa shape index (κ1) is 10.1. The SMILES string of the molecule is CN1C(c2ccccc2)=NCc2ccccc21. The minimum atomic E-state index is 0.769. The molecule has 0 saturated heterocycles. The molecule has 17 heavy (non-hydrogen) atoms. The van der Waals surface area contributed by atoms with Gasteiger partial charge in [-0.25, -0.2) is 0 Å². The molecule has 0 N–H and O–H groups in total. The molecule has 2 nitrogen and oxygen atoms in total. The van der Waals surface area contributed by atoms with Crippen molar-refractivity contribution >= 4 is 11.5 Å². The zero-order valence-electron chi connectivity index (χ0n) is 9.80. The summed E-state index contributed by atoms with van der Waals surface area (Å²) in [4.78, 5) is 6.83. The average molecular weight is 222 g/mol. The fraction of sp³-hybridized carbons (Fsp3) is 0.133. The van der Waals surface area contributed by atoms with Gasteiger partial charge in [0.1, 0.15) is 5.84 Å². The lowest BCUT2D eigenvalue weighted by Crippen LogP contribution is -2.30. The van der Waals surface area contributed by atoms with Crippen LogP contribution in [-0.4, -0.2) is 12.9 Å². The first-order valence-corrected chi connectivity index (χ1v) is 5.78. The first-order valence-electron chi connectivity index (χ1n) is 5.78. The lowest BCUT2D eigenvalue weighted by molar-refractivity contribution is 0.999. The van der Waals surface area contributed by atoms with Crippen molar-refractivity contribution in [1.82, 2.24) is 0 Å². The molecule has 1 heterocycles. The molecule has 0 atom stereocenters. The summed E-state index contributed by atoms with van der Waals surface area (Å²) in [6, 6.07) is 18.7. The molecule has 2 aromatic carbocycles. The molecule has 0 fully saturated rings. The number of para-hydroxylation sites is 1. The van der Waals surface area contributed by atoms with E-state index in [4.69, 9.17) is 0 Å². The Bertz CT molecular complexity index is 558. The molecule has 0 aromatic heterocycles. The van der Waals surface area contributed by atoms with Gasteiger partial charge in [-0.05, 0) is 11.6 Å². The third-order valence-electron chi connectivity index (χ3n) is 3.10. The lowest BCUT2D eigenvalue weighted by atomic mass is 10.1. The van der Waals surface area contributed by atoms with Crippen LogP contribution in [-0.2, 0) is 6.54 Å². The van der Waals surface area contributed by atoms with Crippen LogP contribution >= 0.6 is 0 Å². The Hall–Kier alpha value is -2.09. The van der Waals surface area contributed by atoms with Crippen molar-refractivity contribution in [2.45, 2.75) is 6.54 Å². The normalized spacial score (nSPS) is 14.2. The van der Waals surface area contributed by atoms with Gasteiger partial charge in [0.05, 0.1) is 6.54 Å². The third kappa shape index (κ3) is 1.72. The number of benzene rings is 2. The maximum absolute atomic E-state index is 4.66. The fourth-order valence-corrected chi connectivity index (χ4v) is 2.22. The second-order valence-electron chi connectivity index (χ2n) is 4.19. The van der Waals surface area contributed by atoms with Crippen molar-refractivity contribution in [3.05, 3.63) is 65.7 Å². The van der Waals surface area contributed by atoms with Gasteiger partial charge in [-0.1, -0.05) is 48.5 Å². The van der Waals surface area contributed by atoms with Crippen molar-refractivity contribution in [3.8, 4) is 0 Å². The number of aliphatic imine (C=N–C) groups is 1. The predicted octanol–water partition coefficient (Wildman–Crippen LogP) is 3.08. The van der Waals surface area contributed by atoms with E-state index in [1.807, 2.05) is 18.2 Å². The maximum Gasteiger partial charge on any atom is 0.135 e. The van der Waals surface area contributed by atoms with Gasteiger partial charge in [-0.2, -0.15) is 0 Å². The standard InChI is InChI=1S/C15H14N2/c1-17-14-10-6-5-9-13(14)11-16-15(17)12-7-3-2-4-8-12/h2-10H,11H2,1H3. The number of amidine groups is 1. The number of fused-ring (bicyclic) bond motifs is 1. The molecule has 0 saturated carbocycles. The number of hydrogen-bond acceptors (Lipinski definition) is 2. The van der Waals surface area contributed by atoms with Crippen molar-refractivity contribution in [2.75, 3.05) is 11.9 Å². The summed E-state index contributed by atoms with van der Waals surface area (Å²) in [6.07, 6.45) is 0. The highest BCUT2D eigenvalue weighted by Gasteiger charge is 2.17. The Labute approximate surface area is 101 Å². The minimum absolute atomic E-state index is 0.769. The van der Waals surface area contributed by atoms with E-state index in [9.17, 15) is 0 Å². The van der Waals surface area contributed by atoms with E-state index in [2.05, 4.69) is 53.3 Å². The van der Waals surface area contributed by atoms with E-state index in [0.29, 0.717) is 0 Å². The first-order chi connectivity index (χ1) is 8.36. The summed E-state index contributed by atoms with van der Waals surface area (Å²) < 4.78 is 0. The monoisotopic (exact) mass is 222 g/mol. The maximum atomic E-state index is 4.66. The Morgan fingerprint density at radius 1 is 0.941 bits per heavy atom. The average Bonchev–Trinajstić information content (AvgIpc) is 2.40. The van der Waals surface area contributed by atoms with Gasteiger partial charge >= 0.3 is 0 Å². The number of rotatable bonds is 1. The van der Waals surface area contributed by atoms with Crippen LogP contribution < -0.4 is 4.90 Å². The van der Waals surface area contributed by atoms with Crippen molar-refractivity contribution in [1.29, 1.82) is 0 Å². The van der Waals surface area contributed by atoms with Crippen LogP contribution in [0.4, 0.5) is 5.69 Å². The Morgan fingerprint density at radius 3 is 2.47 bits per heavy atom. The van der Waals surface area contributed by atoms with E-state index in [-0.39, 0.29) is 0 Å². The summed E-state index contributed by atoms with van der Waals surface area (Å²) >= 11 is 0. The molecular formula is C15H14N2. The second kappa shape index (κ2) is 4.06. The van der Waals surface area contributed by atoms with E-state index in [0.717, 1.165) is 12.4 Å². The topological polar surface area (TPSA) is 15.6 Å². The van der Waals surface area contributed by atoms with E-state index in [1.165, 1.54) is 16.8 Å². The Balaban J connectivity index is 2.04. The molecule has 1 aliphatic heterocycles. The van der Waals surface area contributed by atoms with Crippen molar-refractivity contribution < 1.29 is 0 Å². The molecule has 0 bridgehead atoms. The van der Waals surface area contributed by atoms with Crippen molar-refractivity contribution in [2.24, 2.45) is 4.99 Å². The van der Waals surface area contributed by atoms with Gasteiger partial charge in [-0.3, -0.25) is 4.99 Å². The third-order valence-corrected chi connectivity index (χ3v) is 3.10. The van der Waals surface area contributed by atoms with Crippen LogP contribution in [0, 0.1) is 0 Å². The second-order valence-corrected chi connectivity index (χ2v) is 4.19. The molecule has 2 heteroatoms. The summed E-state index contributed by atoms with van der Waals surface area (Å²) in [5.41, 5.74) is 3.71. The predicted molar refractivity (Wildman–Crippen MR) is 71.5 cm³/mol. The minimum Gasteiger partial charge on any atom is -0.329 e. The molecule has 0 aliphatic carbocycles. The Morgan fingerprint density at radius 2 is 1.65 bits per heavy atom. The van der Waals surface area contributed by atoms with Crippen LogP contribution in [0.1, 0.15) is 11.1 Å². The van der Waals surface area contributed by atoms with Gasteiger partial charge in [0.2, 0.25) is 0 Å². The summed E-state index contributed by atoms with van der Waals surface area (Å²) in [7, 11) is 2.07. The molecule has 0 radical (unpaired) electrons. The van der Waals surface area contributed by atoms with Gasteiger partial charge in [0.15, 0.2) is 0 Å². The smallest absolute Gasteiger partial charge is 0.135 e. The summed E-state index contributed by atoms with van der Waals surface area (Å²) in [5.74, 6) is 1.05. The van der Waals surface area contributed by atoms with Crippen LogP contribution in [0.25, 0.3) is 0 Å². The highest BCUT2D eigenvalue weighted by Crippen LogP contribution is 2.26. The highest BCUT2D eigenvalue weighted by atomic mass is 15.2. The number of anilines is 1. The Kier molecular flexibility index (Phi) is 2.41. The molecular weight excluding hydrogens is 208 g/mol. The van der Waals surface area contributed by atoms with Gasteiger partial charge in [0, 0.05) is 18.3 Å². The molecule has 0 unspecified atom stereocenters. The molecule has 84 valence electrons. The zero-order chi connectivity index (χ0) is 11.7. The fourth-order valence-electron chi connectivity index (χ4n) is 2.22. The van der Waals surface area contributed by atoms with Gasteiger partial charge < -0.3 is 4.90 Å². The number of nitrogens with zero attached hydrogens (tertiary/aromatic N) is 2. The lowest BCUT2D eigenvalue weighted by Gasteiger charge is -2.27. The van der Waals surface area contributed by atoms with Crippen LogP contribution in [0.2, 0.25) is 0 Å². The molecule has 1 aliphatic rings. The highest BCUT2D eigenvalue weighted by molar-refractivity contribution is 6.10. The van der Waals surface area contributed by atoms with Crippen LogP contribution in [0.15, 0.2) is 59.6 Å². The van der Waals surface area contributed by atoms with E-state index >= 15 is 0 Å². The summed E-state index contributed by atoms with van der Waals surface area (Å²) in [5, 5.41) is 0. The quantitative estimate of drug-likeness (QED) is 0.724. The molecule has 2 aromatic rings. The van der Waals surface area contributed by atoms with E-state index < -0.39 is 0 Å². The van der Waals surface area contributed by atoms with Crippen molar-refractivity contribution in [3.63, 3.8) is 0 Å². The van der Waals surface area contributed by atoms with Gasteiger partial charge in [0.25, 0.3) is 0 Å². The zero-order valence-corrected chi connectivity index (χ0v) is 9.80. The van der Waals surface area contributed by atoms with Gasteiger partial charge in [-0.15, -0.1) is 0 Å². The van der Waals surface area contributed by atoms with Crippen LogP contribution in [0.5, 0.6) is 0 Å². The molecule has 0 amide bonds. The number of hydrogen-bond donors (Lipinski definition) is 0. The molecule has 0 spiro atoms. The van der Waals surface area contributed by atoms with Crippen LogP contribution in [0.3, 0.4) is 0 Å². The summed E-state index contributed by atoms with van der Waals surface area (Å²) in [6.45, 7) is 0.769. The molecule has 3 rings (SSSR count). The van der Waals surface area contributed by atoms with E-state index in [1.54, 1.807) is 0 Å². The largest absolute Gasteiger partial charge is 0.329 e.